The number of nitrogens with zero attached hydrogens (tertiary/aromatic N) is 1. The highest BCUT2D eigenvalue weighted by Gasteiger charge is 2.33. The van der Waals surface area contributed by atoms with Gasteiger partial charge in [-0.05, 0) is 61.2 Å². The molecule has 1 aliphatic rings. The van der Waals surface area contributed by atoms with Crippen molar-refractivity contribution in [3.63, 3.8) is 0 Å². The number of carbonyl (C=O) groups excluding carboxylic acids is 1. The Kier molecular flexibility index (Phi) is 5.31. The highest BCUT2D eigenvalue weighted by Crippen LogP contribution is 2.41. The van der Waals surface area contributed by atoms with Gasteiger partial charge in [0.25, 0.3) is 10.0 Å². The fourth-order valence-electron chi connectivity index (χ4n) is 3.89. The van der Waals surface area contributed by atoms with Crippen LogP contribution in [-0.4, -0.2) is 26.4 Å². The summed E-state index contributed by atoms with van der Waals surface area (Å²) >= 11 is 3.53. The van der Waals surface area contributed by atoms with Crippen LogP contribution < -0.4 is 9.46 Å². The summed E-state index contributed by atoms with van der Waals surface area (Å²) in [4.78, 5) is 17.3. The van der Waals surface area contributed by atoms with Crippen molar-refractivity contribution in [3.8, 4) is 5.75 Å². The summed E-state index contributed by atoms with van der Waals surface area (Å²) in [5.41, 5.74) is 2.29. The number of aromatic nitrogens is 1. The Labute approximate surface area is 177 Å². The molecule has 150 valence electrons. The van der Waals surface area contributed by atoms with Crippen LogP contribution in [0.25, 0.3) is 10.9 Å². The van der Waals surface area contributed by atoms with Gasteiger partial charge < -0.3 is 4.74 Å². The van der Waals surface area contributed by atoms with Crippen LogP contribution in [0.1, 0.15) is 29.9 Å². The van der Waals surface area contributed by atoms with Crippen LogP contribution in [0.5, 0.6) is 5.75 Å². The van der Waals surface area contributed by atoms with E-state index >= 15 is 0 Å². The molecule has 1 amide bonds. The molecule has 1 aliphatic carbocycles. The first-order chi connectivity index (χ1) is 13.9. The van der Waals surface area contributed by atoms with Crippen molar-refractivity contribution in [2.45, 2.75) is 30.1 Å². The number of sulfonamides is 1. The lowest BCUT2D eigenvalue weighted by Crippen LogP contribution is -2.36. The molecule has 0 saturated heterocycles. The highest BCUT2D eigenvalue weighted by molar-refractivity contribution is 9.10. The normalized spacial score (nSPS) is 16.3. The van der Waals surface area contributed by atoms with Gasteiger partial charge in [-0.3, -0.25) is 9.78 Å². The zero-order chi connectivity index (χ0) is 20.6. The van der Waals surface area contributed by atoms with Gasteiger partial charge in [-0.1, -0.05) is 22.0 Å². The quantitative estimate of drug-likeness (QED) is 0.618. The summed E-state index contributed by atoms with van der Waals surface area (Å²) in [7, 11) is -2.51. The third kappa shape index (κ3) is 3.62. The first-order valence-electron chi connectivity index (χ1n) is 9.18. The Balaban J connectivity index is 1.72. The number of rotatable bonds is 4. The average Bonchev–Trinajstić information content (AvgIpc) is 2.73. The molecule has 1 atom stereocenters. The second-order valence-electron chi connectivity index (χ2n) is 6.88. The van der Waals surface area contributed by atoms with Crippen molar-refractivity contribution in [1.29, 1.82) is 0 Å². The Morgan fingerprint density at radius 1 is 1.21 bits per heavy atom. The molecule has 6 nitrogen and oxygen atoms in total. The van der Waals surface area contributed by atoms with E-state index in [2.05, 4.69) is 25.6 Å². The zero-order valence-electron chi connectivity index (χ0n) is 15.7. The molecule has 8 heteroatoms. The number of pyridine rings is 1. The van der Waals surface area contributed by atoms with E-state index in [9.17, 15) is 13.2 Å². The van der Waals surface area contributed by atoms with E-state index < -0.39 is 21.8 Å². The molecule has 29 heavy (non-hydrogen) atoms. The predicted molar refractivity (Wildman–Crippen MR) is 113 cm³/mol. The van der Waals surface area contributed by atoms with Crippen LogP contribution in [0.4, 0.5) is 0 Å². The van der Waals surface area contributed by atoms with E-state index in [1.807, 2.05) is 6.07 Å². The van der Waals surface area contributed by atoms with Crippen LogP contribution in [0.2, 0.25) is 0 Å². The second-order valence-corrected chi connectivity index (χ2v) is 9.39. The molecule has 3 aromatic rings. The summed E-state index contributed by atoms with van der Waals surface area (Å²) in [5, 5.41) is 0.472. The number of methoxy groups -OCH3 is 1. The number of hydrogen-bond donors (Lipinski definition) is 1. The zero-order valence-corrected chi connectivity index (χ0v) is 18.1. The number of benzene rings is 2. The minimum atomic E-state index is -4.06. The molecule has 0 unspecified atom stereocenters. The lowest BCUT2D eigenvalue weighted by atomic mass is 9.82. The predicted octanol–water partition coefficient (Wildman–Crippen LogP) is 3.93. The van der Waals surface area contributed by atoms with E-state index in [1.165, 1.54) is 6.07 Å². The number of nitrogens with one attached hydrogen (secondary N) is 1. The molecule has 4 rings (SSSR count). The molecule has 2 aromatic carbocycles. The molecule has 0 bridgehead atoms. The molecule has 0 aliphatic heterocycles. The van der Waals surface area contributed by atoms with Crippen LogP contribution in [0, 0.1) is 0 Å². The standard InChI is InChI=1S/C21H19BrN2O4S/c1-28-18-11-10-16(22)13-5-2-6-15(20(13)18)21(25)24-29(26,27)19-9-3-8-17-14(19)7-4-12-23-17/h3-4,7-12,15H,2,5-6H2,1H3,(H,24,25)/t15-/m1/s1. The number of fused-ring (bicyclic) bond motifs is 2. The number of carbonyl (C=O) groups is 1. The summed E-state index contributed by atoms with van der Waals surface area (Å²) in [6.45, 7) is 0. The number of amides is 1. The van der Waals surface area contributed by atoms with Gasteiger partial charge in [-0.25, -0.2) is 13.1 Å². The maximum atomic E-state index is 13.1. The lowest BCUT2D eigenvalue weighted by molar-refractivity contribution is -0.121. The summed E-state index contributed by atoms with van der Waals surface area (Å²) in [6.07, 6.45) is 3.74. The van der Waals surface area contributed by atoms with E-state index in [0.717, 1.165) is 28.4 Å². The van der Waals surface area contributed by atoms with Gasteiger partial charge >= 0.3 is 0 Å². The van der Waals surface area contributed by atoms with Gasteiger partial charge in [-0.15, -0.1) is 0 Å². The molecular formula is C21H19BrN2O4S. The van der Waals surface area contributed by atoms with Crippen LogP contribution in [0.3, 0.4) is 0 Å². The van der Waals surface area contributed by atoms with Crippen LogP contribution in [0.15, 0.2) is 58.0 Å². The second kappa shape index (κ2) is 7.76. The summed E-state index contributed by atoms with van der Waals surface area (Å²) in [5.74, 6) is -0.563. The fraction of sp³-hybridized carbons (Fsp3) is 0.238. The van der Waals surface area contributed by atoms with Gasteiger partial charge in [0.05, 0.1) is 23.4 Å². The SMILES string of the molecule is COc1ccc(Br)c2c1[C@H](C(=O)NS(=O)(=O)c1cccc3ncccc13)CCC2. The molecule has 1 heterocycles. The van der Waals surface area contributed by atoms with E-state index in [1.54, 1.807) is 43.6 Å². The maximum absolute atomic E-state index is 13.1. The fourth-order valence-corrected chi connectivity index (χ4v) is 5.67. The van der Waals surface area contributed by atoms with Gasteiger partial charge in [0, 0.05) is 21.6 Å². The van der Waals surface area contributed by atoms with Crippen LogP contribution >= 0.6 is 15.9 Å². The number of ether oxygens (including phenoxy) is 1. The van der Waals surface area contributed by atoms with Crippen molar-refractivity contribution in [2.75, 3.05) is 7.11 Å². The molecule has 0 radical (unpaired) electrons. The van der Waals surface area contributed by atoms with Gasteiger partial charge in [0.1, 0.15) is 5.75 Å². The van der Waals surface area contributed by atoms with Crippen molar-refractivity contribution in [3.05, 3.63) is 64.3 Å². The average molecular weight is 475 g/mol. The highest BCUT2D eigenvalue weighted by atomic mass is 79.9. The minimum absolute atomic E-state index is 0.0358. The Hall–Kier alpha value is -2.45. The molecule has 1 aromatic heterocycles. The molecular weight excluding hydrogens is 456 g/mol. The molecule has 1 N–H and O–H groups in total. The third-order valence-electron chi connectivity index (χ3n) is 5.19. The monoisotopic (exact) mass is 474 g/mol. The topological polar surface area (TPSA) is 85.4 Å². The van der Waals surface area contributed by atoms with Crippen LogP contribution in [-0.2, 0) is 21.2 Å². The molecule has 0 spiro atoms. The Morgan fingerprint density at radius 2 is 2.03 bits per heavy atom. The minimum Gasteiger partial charge on any atom is -0.496 e. The van der Waals surface area contributed by atoms with Crippen molar-refractivity contribution >= 4 is 42.8 Å². The molecule has 0 saturated carbocycles. The first kappa shape index (κ1) is 19.8. The van der Waals surface area contributed by atoms with E-state index in [4.69, 9.17) is 4.74 Å². The number of hydrogen-bond acceptors (Lipinski definition) is 5. The van der Waals surface area contributed by atoms with E-state index in [0.29, 0.717) is 23.1 Å². The van der Waals surface area contributed by atoms with Crippen molar-refractivity contribution < 1.29 is 17.9 Å². The Morgan fingerprint density at radius 3 is 2.83 bits per heavy atom. The third-order valence-corrected chi connectivity index (χ3v) is 7.34. The van der Waals surface area contributed by atoms with Crippen molar-refractivity contribution in [2.24, 2.45) is 0 Å². The maximum Gasteiger partial charge on any atom is 0.264 e. The largest absolute Gasteiger partial charge is 0.496 e. The first-order valence-corrected chi connectivity index (χ1v) is 11.5. The van der Waals surface area contributed by atoms with Crippen molar-refractivity contribution in [1.82, 2.24) is 9.71 Å². The lowest BCUT2D eigenvalue weighted by Gasteiger charge is -2.27. The Bertz CT molecular complexity index is 1210. The van der Waals surface area contributed by atoms with Gasteiger partial charge in [-0.2, -0.15) is 0 Å². The molecule has 0 fully saturated rings. The number of halogens is 1. The van der Waals surface area contributed by atoms with E-state index in [-0.39, 0.29) is 4.90 Å². The summed E-state index contributed by atoms with van der Waals surface area (Å²) < 4.78 is 34.7. The van der Waals surface area contributed by atoms with Gasteiger partial charge in [0.15, 0.2) is 0 Å². The smallest absolute Gasteiger partial charge is 0.264 e. The summed E-state index contributed by atoms with van der Waals surface area (Å²) in [6, 6.07) is 11.9. The van der Waals surface area contributed by atoms with Gasteiger partial charge in [0.2, 0.25) is 5.91 Å².